The zero-order valence-electron chi connectivity index (χ0n) is 16.5. The maximum Gasteiger partial charge on any atom is 0.319 e. The lowest BCUT2D eigenvalue weighted by Crippen LogP contribution is -2.47. The van der Waals surface area contributed by atoms with E-state index >= 15 is 0 Å². The molecule has 144 valence electrons. The molecule has 0 aliphatic rings. The first-order valence-electron chi connectivity index (χ1n) is 9.01. The average molecular weight is 369 g/mol. The number of carbonyl (C=O) groups is 1. The van der Waals surface area contributed by atoms with Gasteiger partial charge in [-0.15, -0.1) is 5.10 Å². The molecular formula is C19H27N7O. The van der Waals surface area contributed by atoms with Crippen molar-refractivity contribution in [2.24, 2.45) is 5.41 Å². The molecule has 0 aliphatic heterocycles. The molecule has 0 bridgehead atoms. The van der Waals surface area contributed by atoms with E-state index < -0.39 is 0 Å². The van der Waals surface area contributed by atoms with E-state index in [1.54, 1.807) is 21.8 Å². The number of amides is 2. The van der Waals surface area contributed by atoms with Gasteiger partial charge in [-0.05, 0) is 37.8 Å². The van der Waals surface area contributed by atoms with Gasteiger partial charge in [-0.2, -0.15) is 5.10 Å². The zero-order valence-corrected chi connectivity index (χ0v) is 16.5. The topological polar surface area (TPSA) is 89.7 Å². The van der Waals surface area contributed by atoms with Gasteiger partial charge in [-0.1, -0.05) is 38.1 Å². The smallest absolute Gasteiger partial charge is 0.319 e. The van der Waals surface area contributed by atoms with Crippen molar-refractivity contribution in [3.63, 3.8) is 0 Å². The van der Waals surface area contributed by atoms with Crippen molar-refractivity contribution < 1.29 is 4.79 Å². The number of carbonyl (C=O) groups excluding carboxylic acids is 1. The number of nitrogens with zero attached hydrogens (tertiary/aromatic N) is 5. The monoisotopic (exact) mass is 369 g/mol. The van der Waals surface area contributed by atoms with Crippen molar-refractivity contribution in [3.8, 4) is 0 Å². The van der Waals surface area contributed by atoms with Crippen molar-refractivity contribution in [2.75, 3.05) is 5.32 Å². The molecule has 27 heavy (non-hydrogen) atoms. The van der Waals surface area contributed by atoms with Crippen LogP contribution in [0, 0.1) is 5.41 Å². The maximum absolute atomic E-state index is 12.3. The number of aromatic nitrogens is 5. The van der Waals surface area contributed by atoms with Gasteiger partial charge < -0.3 is 10.6 Å². The van der Waals surface area contributed by atoms with Crippen molar-refractivity contribution in [1.29, 1.82) is 0 Å². The van der Waals surface area contributed by atoms with E-state index in [1.807, 2.05) is 38.1 Å². The van der Waals surface area contributed by atoms with Gasteiger partial charge in [0.2, 0.25) is 0 Å². The summed E-state index contributed by atoms with van der Waals surface area (Å²) < 4.78 is 3.47. The minimum absolute atomic E-state index is 0.127. The van der Waals surface area contributed by atoms with E-state index in [0.29, 0.717) is 12.4 Å². The van der Waals surface area contributed by atoms with E-state index in [4.69, 9.17) is 0 Å². The molecule has 3 aromatic rings. The highest BCUT2D eigenvalue weighted by molar-refractivity contribution is 5.89. The Hall–Kier alpha value is -2.90. The highest BCUT2D eigenvalue weighted by Crippen LogP contribution is 2.26. The largest absolute Gasteiger partial charge is 0.333 e. The highest BCUT2D eigenvalue weighted by Gasteiger charge is 2.27. The van der Waals surface area contributed by atoms with Crippen molar-refractivity contribution in [2.45, 2.75) is 53.2 Å². The molecule has 0 saturated carbocycles. The van der Waals surface area contributed by atoms with Gasteiger partial charge in [-0.25, -0.2) is 14.2 Å². The van der Waals surface area contributed by atoms with Gasteiger partial charge in [-0.3, -0.25) is 0 Å². The van der Waals surface area contributed by atoms with Crippen molar-refractivity contribution in [3.05, 3.63) is 36.7 Å². The molecule has 1 aromatic carbocycles. The van der Waals surface area contributed by atoms with E-state index in [9.17, 15) is 4.79 Å². The summed E-state index contributed by atoms with van der Waals surface area (Å²) in [7, 11) is 0. The fourth-order valence-electron chi connectivity index (χ4n) is 3.50. The second kappa shape index (κ2) is 7.02. The van der Waals surface area contributed by atoms with E-state index in [-0.39, 0.29) is 17.0 Å². The van der Waals surface area contributed by atoms with Crippen LogP contribution in [-0.4, -0.2) is 36.3 Å². The Morgan fingerprint density at radius 3 is 2.63 bits per heavy atom. The first-order chi connectivity index (χ1) is 12.6. The summed E-state index contributed by atoms with van der Waals surface area (Å²) in [5, 5.41) is 18.4. The van der Waals surface area contributed by atoms with Gasteiger partial charge in [0.15, 0.2) is 0 Å². The Bertz CT molecular complexity index is 933. The lowest BCUT2D eigenvalue weighted by atomic mass is 9.82. The van der Waals surface area contributed by atoms with Gasteiger partial charge in [0, 0.05) is 5.54 Å². The summed E-state index contributed by atoms with van der Waals surface area (Å²) in [6, 6.07) is 7.51. The first kappa shape index (κ1) is 18.9. The minimum Gasteiger partial charge on any atom is -0.333 e. The Kier molecular flexibility index (Phi) is 4.91. The Balaban J connectivity index is 1.61. The summed E-state index contributed by atoms with van der Waals surface area (Å²) in [5.41, 5.74) is 2.22. The summed E-state index contributed by atoms with van der Waals surface area (Å²) in [4.78, 5) is 12.3. The van der Waals surface area contributed by atoms with Crippen LogP contribution in [0.3, 0.4) is 0 Å². The van der Waals surface area contributed by atoms with Crippen LogP contribution in [0.25, 0.3) is 11.0 Å². The highest BCUT2D eigenvalue weighted by atomic mass is 16.2. The molecule has 0 aliphatic carbocycles. The average Bonchev–Trinajstić information content (AvgIpc) is 3.12. The lowest BCUT2D eigenvalue weighted by molar-refractivity contribution is 0.220. The molecule has 0 fully saturated rings. The molecular weight excluding hydrogens is 342 g/mol. The van der Waals surface area contributed by atoms with Gasteiger partial charge in [0.1, 0.15) is 12.2 Å². The van der Waals surface area contributed by atoms with Crippen molar-refractivity contribution in [1.82, 2.24) is 30.1 Å². The molecule has 0 spiro atoms. The van der Waals surface area contributed by atoms with Crippen LogP contribution < -0.4 is 10.6 Å². The third kappa shape index (κ3) is 5.06. The number of para-hydroxylation sites is 1. The van der Waals surface area contributed by atoms with Crippen LogP contribution >= 0.6 is 0 Å². The standard InChI is InChI=1S/C19H27N7O/c1-18(2,3)12-19(4,5)22-17(27)21-14-10-20-25(11-14)13-26-16-9-7-6-8-15(16)23-24-26/h6-11H,12-13H2,1-5H3,(H2,21,22,27). The zero-order chi connectivity index (χ0) is 19.7. The molecule has 0 radical (unpaired) electrons. The molecule has 2 N–H and O–H groups in total. The molecule has 3 rings (SSSR count). The van der Waals surface area contributed by atoms with E-state index in [1.165, 1.54) is 0 Å². The number of nitrogens with one attached hydrogen (secondary N) is 2. The Morgan fingerprint density at radius 2 is 1.89 bits per heavy atom. The van der Waals surface area contributed by atoms with Gasteiger partial charge in [0.25, 0.3) is 0 Å². The number of urea groups is 1. The predicted octanol–water partition coefficient (Wildman–Crippen LogP) is 3.47. The minimum atomic E-state index is -0.308. The number of fused-ring (bicyclic) bond motifs is 1. The third-order valence-corrected chi connectivity index (χ3v) is 4.01. The Labute approximate surface area is 158 Å². The van der Waals surface area contributed by atoms with Crippen LogP contribution in [0.1, 0.15) is 41.0 Å². The maximum atomic E-state index is 12.3. The quantitative estimate of drug-likeness (QED) is 0.720. The number of hydrogen-bond donors (Lipinski definition) is 2. The third-order valence-electron chi connectivity index (χ3n) is 4.01. The Morgan fingerprint density at radius 1 is 1.15 bits per heavy atom. The molecule has 8 heteroatoms. The van der Waals surface area contributed by atoms with Crippen LogP contribution in [0.4, 0.5) is 10.5 Å². The second-order valence-corrected chi connectivity index (χ2v) is 8.69. The van der Waals surface area contributed by atoms with E-state index in [0.717, 1.165) is 17.5 Å². The van der Waals surface area contributed by atoms with Gasteiger partial charge in [0.05, 0.1) is 23.6 Å². The van der Waals surface area contributed by atoms with Gasteiger partial charge >= 0.3 is 6.03 Å². The molecule has 2 heterocycles. The number of rotatable bonds is 5. The van der Waals surface area contributed by atoms with Crippen molar-refractivity contribution >= 4 is 22.8 Å². The molecule has 0 saturated heterocycles. The van der Waals surface area contributed by atoms with Crippen LogP contribution in [0.5, 0.6) is 0 Å². The lowest BCUT2D eigenvalue weighted by Gasteiger charge is -2.33. The number of benzene rings is 1. The van der Waals surface area contributed by atoms with Crippen LogP contribution in [0.15, 0.2) is 36.7 Å². The van der Waals surface area contributed by atoms with Crippen LogP contribution in [0.2, 0.25) is 0 Å². The molecule has 0 unspecified atom stereocenters. The molecule has 8 nitrogen and oxygen atoms in total. The number of hydrogen-bond acceptors (Lipinski definition) is 4. The van der Waals surface area contributed by atoms with Crippen LogP contribution in [-0.2, 0) is 6.67 Å². The first-order valence-corrected chi connectivity index (χ1v) is 9.01. The normalized spacial score (nSPS) is 12.3. The fourth-order valence-corrected chi connectivity index (χ4v) is 3.50. The summed E-state index contributed by atoms with van der Waals surface area (Å²) in [5.74, 6) is 0. The summed E-state index contributed by atoms with van der Waals surface area (Å²) in [6.07, 6.45) is 4.26. The fraction of sp³-hybridized carbons (Fsp3) is 0.474. The molecule has 2 amide bonds. The summed E-state index contributed by atoms with van der Waals surface area (Å²) in [6.45, 7) is 10.9. The summed E-state index contributed by atoms with van der Waals surface area (Å²) >= 11 is 0. The second-order valence-electron chi connectivity index (χ2n) is 8.69. The molecule has 0 atom stereocenters. The predicted molar refractivity (Wildman–Crippen MR) is 105 cm³/mol. The SMILES string of the molecule is CC(C)(C)CC(C)(C)NC(=O)Nc1cnn(Cn2nnc3ccccc32)c1. The van der Waals surface area contributed by atoms with E-state index in [2.05, 4.69) is 46.8 Å². The number of anilines is 1. The molecule has 2 aromatic heterocycles.